The first-order valence-electron chi connectivity index (χ1n) is 6.14. The van der Waals surface area contributed by atoms with Crippen LogP contribution >= 0.6 is 0 Å². The number of rotatable bonds is 7. The monoisotopic (exact) mass is 301 g/mol. The smallest absolute Gasteiger partial charge is 0.248 e. The van der Waals surface area contributed by atoms with Crippen LogP contribution < -0.4 is 16.2 Å². The van der Waals surface area contributed by atoms with Crippen LogP contribution in [0.4, 0.5) is 5.69 Å². The van der Waals surface area contributed by atoms with Gasteiger partial charge in [-0.2, -0.15) is 0 Å². The van der Waals surface area contributed by atoms with Crippen molar-refractivity contribution in [3.05, 3.63) is 23.8 Å². The maximum Gasteiger partial charge on any atom is 0.248 e. The number of carbonyl (C=O) groups excluding carboxylic acids is 1. The Kier molecular flexibility index (Phi) is 5.49. The highest BCUT2D eigenvalue weighted by atomic mass is 32.2. The molecule has 0 aliphatic rings. The van der Waals surface area contributed by atoms with Crippen molar-refractivity contribution < 1.29 is 18.3 Å². The number of nitrogens with one attached hydrogen (secondary N) is 1. The molecule has 1 unspecified atom stereocenters. The molecule has 0 saturated heterocycles. The molecule has 112 valence electrons. The summed E-state index contributed by atoms with van der Waals surface area (Å²) in [5.74, 6) is -0.680. The normalized spacial score (nSPS) is 13.1. The Morgan fingerprint density at radius 2 is 2.10 bits per heavy atom. The van der Waals surface area contributed by atoms with Crippen LogP contribution in [0.25, 0.3) is 0 Å². The first-order chi connectivity index (χ1) is 9.31. The van der Waals surface area contributed by atoms with Crippen LogP contribution in [-0.2, 0) is 10.0 Å². The molecule has 0 radical (unpaired) electrons. The summed E-state index contributed by atoms with van der Waals surface area (Å²) in [5, 5.41) is 8.88. The molecule has 1 aromatic rings. The van der Waals surface area contributed by atoms with Gasteiger partial charge in [0, 0.05) is 18.2 Å². The number of benzene rings is 1. The second-order valence-electron chi connectivity index (χ2n) is 4.36. The fourth-order valence-corrected chi connectivity index (χ4v) is 3.20. The van der Waals surface area contributed by atoms with E-state index in [9.17, 15) is 13.2 Å². The molecule has 1 atom stereocenters. The summed E-state index contributed by atoms with van der Waals surface area (Å²) in [6, 6.07) is 3.40. The lowest BCUT2D eigenvalue weighted by Crippen LogP contribution is -2.35. The van der Waals surface area contributed by atoms with Crippen LogP contribution in [0.3, 0.4) is 0 Å². The van der Waals surface area contributed by atoms with Crippen LogP contribution in [0.1, 0.15) is 30.1 Å². The first-order valence-corrected chi connectivity index (χ1v) is 7.62. The minimum absolute atomic E-state index is 0.0485. The highest BCUT2D eigenvalue weighted by molar-refractivity contribution is 7.89. The lowest BCUT2D eigenvalue weighted by Gasteiger charge is -2.17. The Morgan fingerprint density at radius 3 is 2.55 bits per heavy atom. The average Bonchev–Trinajstić information content (AvgIpc) is 2.37. The Bertz CT molecular complexity index is 586. The van der Waals surface area contributed by atoms with E-state index >= 15 is 0 Å². The zero-order valence-electron chi connectivity index (χ0n) is 11.2. The highest BCUT2D eigenvalue weighted by Crippen LogP contribution is 2.20. The topological polar surface area (TPSA) is 136 Å². The summed E-state index contributed by atoms with van der Waals surface area (Å²) in [6.45, 7) is 1.69. The molecular formula is C12H19N3O4S. The molecule has 7 nitrogen and oxygen atoms in total. The number of amides is 1. The Balaban J connectivity index is 3.06. The molecule has 8 heteroatoms. The third-order valence-electron chi connectivity index (χ3n) is 2.88. The molecule has 6 N–H and O–H groups in total. The third-order valence-corrected chi connectivity index (χ3v) is 4.47. The van der Waals surface area contributed by atoms with E-state index in [0.29, 0.717) is 12.8 Å². The minimum atomic E-state index is -3.81. The molecule has 0 fully saturated rings. The van der Waals surface area contributed by atoms with Gasteiger partial charge >= 0.3 is 0 Å². The Morgan fingerprint density at radius 1 is 1.45 bits per heavy atom. The van der Waals surface area contributed by atoms with Gasteiger partial charge in [-0.25, -0.2) is 13.1 Å². The van der Waals surface area contributed by atoms with Crippen molar-refractivity contribution in [3.63, 3.8) is 0 Å². The van der Waals surface area contributed by atoms with Crippen molar-refractivity contribution in [2.24, 2.45) is 5.73 Å². The SMILES string of the molecule is CCC(CCO)NS(=O)(=O)c1ccc(C(N)=O)cc1N. The van der Waals surface area contributed by atoms with Crippen LogP contribution in [-0.4, -0.2) is 32.1 Å². The molecule has 0 aliphatic heterocycles. The minimum Gasteiger partial charge on any atom is -0.398 e. The van der Waals surface area contributed by atoms with Crippen LogP contribution in [0, 0.1) is 0 Å². The molecule has 0 saturated carbocycles. The van der Waals surface area contributed by atoms with E-state index in [1.807, 2.05) is 6.92 Å². The van der Waals surface area contributed by atoms with E-state index in [0.717, 1.165) is 0 Å². The van der Waals surface area contributed by atoms with Gasteiger partial charge < -0.3 is 16.6 Å². The van der Waals surface area contributed by atoms with E-state index in [1.54, 1.807) is 0 Å². The lowest BCUT2D eigenvalue weighted by molar-refractivity contribution is 0.1000. The average molecular weight is 301 g/mol. The zero-order valence-corrected chi connectivity index (χ0v) is 12.0. The molecule has 0 aliphatic carbocycles. The van der Waals surface area contributed by atoms with Crippen molar-refractivity contribution in [1.82, 2.24) is 4.72 Å². The number of nitrogens with two attached hydrogens (primary N) is 2. The van der Waals surface area contributed by atoms with Gasteiger partial charge in [0.2, 0.25) is 15.9 Å². The summed E-state index contributed by atoms with van der Waals surface area (Å²) in [5.41, 5.74) is 10.9. The summed E-state index contributed by atoms with van der Waals surface area (Å²) in [7, 11) is -3.81. The van der Waals surface area contributed by atoms with Gasteiger partial charge in [-0.05, 0) is 31.0 Å². The number of nitrogen functional groups attached to an aromatic ring is 1. The van der Waals surface area contributed by atoms with Crippen molar-refractivity contribution >= 4 is 21.6 Å². The number of primary amides is 1. The van der Waals surface area contributed by atoms with Crippen molar-refractivity contribution in [3.8, 4) is 0 Å². The summed E-state index contributed by atoms with van der Waals surface area (Å²) in [4.78, 5) is 10.9. The Hall–Kier alpha value is -1.64. The number of hydrogen-bond acceptors (Lipinski definition) is 5. The second kappa shape index (κ2) is 6.69. The third kappa shape index (κ3) is 3.92. The molecule has 1 rings (SSSR count). The van der Waals surface area contributed by atoms with Gasteiger partial charge in [-0.3, -0.25) is 4.79 Å². The molecule has 1 amide bonds. The molecule has 0 bridgehead atoms. The van der Waals surface area contributed by atoms with Crippen molar-refractivity contribution in [1.29, 1.82) is 0 Å². The van der Waals surface area contributed by atoms with Crippen LogP contribution in [0.2, 0.25) is 0 Å². The molecule has 0 aromatic heterocycles. The molecule has 0 heterocycles. The predicted molar refractivity (Wildman–Crippen MR) is 75.5 cm³/mol. The van der Waals surface area contributed by atoms with Crippen LogP contribution in [0.5, 0.6) is 0 Å². The number of aliphatic hydroxyl groups excluding tert-OH is 1. The van der Waals surface area contributed by atoms with Gasteiger partial charge in [0.05, 0.1) is 5.69 Å². The van der Waals surface area contributed by atoms with Crippen LogP contribution in [0.15, 0.2) is 23.1 Å². The number of anilines is 1. The van der Waals surface area contributed by atoms with Gasteiger partial charge in [0.1, 0.15) is 4.90 Å². The van der Waals surface area contributed by atoms with Gasteiger partial charge in [-0.1, -0.05) is 6.92 Å². The number of sulfonamides is 1. The standard InChI is InChI=1S/C12H19N3O4S/c1-2-9(5-6-16)15-20(18,19)11-4-3-8(12(14)17)7-10(11)13/h3-4,7,9,15-16H,2,5-6,13H2,1H3,(H2,14,17). The Labute approximate surface area is 118 Å². The quantitative estimate of drug-likeness (QED) is 0.517. The maximum atomic E-state index is 12.2. The largest absolute Gasteiger partial charge is 0.398 e. The molecular weight excluding hydrogens is 282 g/mol. The zero-order chi connectivity index (χ0) is 15.3. The van der Waals surface area contributed by atoms with E-state index in [-0.39, 0.29) is 28.8 Å². The van der Waals surface area contributed by atoms with Crippen molar-refractivity contribution in [2.45, 2.75) is 30.7 Å². The number of hydrogen-bond donors (Lipinski definition) is 4. The van der Waals surface area contributed by atoms with Gasteiger partial charge in [0.25, 0.3) is 0 Å². The summed E-state index contributed by atoms with van der Waals surface area (Å²) >= 11 is 0. The fourth-order valence-electron chi connectivity index (χ4n) is 1.73. The van der Waals surface area contributed by atoms with E-state index in [2.05, 4.69) is 4.72 Å². The predicted octanol–water partition coefficient (Wildman–Crippen LogP) is -0.193. The molecule has 1 aromatic carbocycles. The number of aliphatic hydroxyl groups is 1. The fraction of sp³-hybridized carbons (Fsp3) is 0.417. The lowest BCUT2D eigenvalue weighted by atomic mass is 10.2. The highest BCUT2D eigenvalue weighted by Gasteiger charge is 2.21. The van der Waals surface area contributed by atoms with E-state index < -0.39 is 15.9 Å². The summed E-state index contributed by atoms with van der Waals surface area (Å²) < 4.78 is 26.8. The second-order valence-corrected chi connectivity index (χ2v) is 6.04. The number of carbonyl (C=O) groups is 1. The van der Waals surface area contributed by atoms with Crippen molar-refractivity contribution in [2.75, 3.05) is 12.3 Å². The summed E-state index contributed by atoms with van der Waals surface area (Å²) in [6.07, 6.45) is 0.855. The maximum absolute atomic E-state index is 12.2. The first kappa shape index (κ1) is 16.4. The van der Waals surface area contributed by atoms with E-state index in [4.69, 9.17) is 16.6 Å². The van der Waals surface area contributed by atoms with Gasteiger partial charge in [-0.15, -0.1) is 0 Å². The van der Waals surface area contributed by atoms with Gasteiger partial charge in [0.15, 0.2) is 0 Å². The molecule has 0 spiro atoms. The van der Waals surface area contributed by atoms with E-state index in [1.165, 1.54) is 18.2 Å². The molecule has 20 heavy (non-hydrogen) atoms.